The monoisotopic (exact) mass is 879 g/mol. The maximum atomic E-state index is 6.29. The molecule has 5 heterocycles. The third kappa shape index (κ3) is 5.84. The first-order valence-electron chi connectivity index (χ1n) is 23.4. The highest BCUT2D eigenvalue weighted by atomic mass is 16.3. The van der Waals surface area contributed by atoms with Gasteiger partial charge >= 0.3 is 0 Å². The van der Waals surface area contributed by atoms with E-state index in [0.29, 0.717) is 5.82 Å². The molecule has 320 valence electrons. The van der Waals surface area contributed by atoms with Crippen LogP contribution in [0.25, 0.3) is 150 Å². The van der Waals surface area contributed by atoms with E-state index in [1.807, 2.05) is 42.5 Å². The van der Waals surface area contributed by atoms with E-state index in [4.69, 9.17) is 18.8 Å². The van der Waals surface area contributed by atoms with Crippen molar-refractivity contribution in [3.05, 3.63) is 224 Å². The van der Waals surface area contributed by atoms with Crippen LogP contribution >= 0.6 is 0 Å². The molecular formula is C64H37N3O2. The smallest absolute Gasteiger partial charge is 0.160 e. The molecule has 0 unspecified atom stereocenters. The lowest BCUT2D eigenvalue weighted by Gasteiger charge is -2.14. The zero-order valence-electron chi connectivity index (χ0n) is 37.0. The molecule has 5 nitrogen and oxygen atoms in total. The van der Waals surface area contributed by atoms with E-state index in [9.17, 15) is 0 Å². The third-order valence-electron chi connectivity index (χ3n) is 14.1. The van der Waals surface area contributed by atoms with Crippen molar-refractivity contribution in [1.29, 1.82) is 0 Å². The van der Waals surface area contributed by atoms with Crippen LogP contribution in [0, 0.1) is 0 Å². The molecule has 0 amide bonds. The molecule has 5 heteroatoms. The van der Waals surface area contributed by atoms with Crippen molar-refractivity contribution in [2.45, 2.75) is 0 Å². The number of benzene rings is 10. The summed E-state index contributed by atoms with van der Waals surface area (Å²) in [6.45, 7) is 0. The summed E-state index contributed by atoms with van der Waals surface area (Å²) in [5.74, 6) is 0.661. The van der Waals surface area contributed by atoms with Gasteiger partial charge in [-0.05, 0) is 106 Å². The average Bonchev–Trinajstić information content (AvgIpc) is 4.07. The minimum atomic E-state index is 0.661. The highest BCUT2D eigenvalue weighted by Gasteiger charge is 2.25. The predicted molar refractivity (Wildman–Crippen MR) is 283 cm³/mol. The SMILES string of the molecule is c1ccc(-c2nc(-c3cc(-c4ccc5oc6ccccc6c5c4)cc(-c4ccc5oc6ccccc6c5c4)c3)cc(-c3ccc4c5cccc6c5n(c4c3)-c3ccccc3-c3ccccc3-6)n2)cc1. The highest BCUT2D eigenvalue weighted by Crippen LogP contribution is 2.47. The molecule has 4 aromatic heterocycles. The van der Waals surface area contributed by atoms with Crippen molar-refractivity contribution in [3.63, 3.8) is 0 Å². The van der Waals surface area contributed by atoms with Crippen molar-refractivity contribution in [2.24, 2.45) is 0 Å². The Morgan fingerprint density at radius 3 is 1.51 bits per heavy atom. The number of para-hydroxylation sites is 4. The second-order valence-corrected chi connectivity index (χ2v) is 18.1. The summed E-state index contributed by atoms with van der Waals surface area (Å²) in [6.07, 6.45) is 0. The van der Waals surface area contributed by atoms with Crippen LogP contribution in [-0.2, 0) is 0 Å². The quantitative estimate of drug-likeness (QED) is 0.173. The van der Waals surface area contributed by atoms with Gasteiger partial charge in [-0.1, -0.05) is 152 Å². The summed E-state index contributed by atoms with van der Waals surface area (Å²) in [5, 5.41) is 6.78. The van der Waals surface area contributed by atoms with E-state index in [2.05, 4.69) is 187 Å². The summed E-state index contributed by atoms with van der Waals surface area (Å²) in [7, 11) is 0. The molecular weight excluding hydrogens is 843 g/mol. The summed E-state index contributed by atoms with van der Waals surface area (Å²) in [5.41, 5.74) is 20.8. The van der Waals surface area contributed by atoms with Gasteiger partial charge in [0, 0.05) is 60.1 Å². The first-order chi connectivity index (χ1) is 34.2. The lowest BCUT2D eigenvalue weighted by molar-refractivity contribution is 0.668. The summed E-state index contributed by atoms with van der Waals surface area (Å²) in [4.78, 5) is 10.8. The maximum Gasteiger partial charge on any atom is 0.160 e. The number of rotatable bonds is 5. The first-order valence-corrected chi connectivity index (χ1v) is 23.4. The molecule has 10 aromatic carbocycles. The third-order valence-corrected chi connectivity index (χ3v) is 14.1. The van der Waals surface area contributed by atoms with Crippen LogP contribution in [0.2, 0.25) is 0 Å². The van der Waals surface area contributed by atoms with E-state index in [1.54, 1.807) is 0 Å². The summed E-state index contributed by atoms with van der Waals surface area (Å²) >= 11 is 0. The Bertz CT molecular complexity index is 4310. The molecule has 0 saturated heterocycles. The van der Waals surface area contributed by atoms with Crippen LogP contribution in [0.3, 0.4) is 0 Å². The lowest BCUT2D eigenvalue weighted by atomic mass is 9.93. The van der Waals surface area contributed by atoms with E-state index in [-0.39, 0.29) is 0 Å². The van der Waals surface area contributed by atoms with Gasteiger partial charge in [0.2, 0.25) is 0 Å². The molecule has 15 rings (SSSR count). The Hall–Kier alpha value is -9.32. The molecule has 1 aliphatic heterocycles. The minimum Gasteiger partial charge on any atom is -0.456 e. The van der Waals surface area contributed by atoms with Crippen LogP contribution in [0.15, 0.2) is 233 Å². The first kappa shape index (κ1) is 37.9. The maximum absolute atomic E-state index is 6.29. The van der Waals surface area contributed by atoms with Crippen LogP contribution < -0.4 is 0 Å². The van der Waals surface area contributed by atoms with E-state index < -0.39 is 0 Å². The number of hydrogen-bond acceptors (Lipinski definition) is 4. The molecule has 0 N–H and O–H groups in total. The standard InChI is InChI=1S/C64H37N3O2/c1-2-13-38(14-3-1)64-65-55(41-25-28-48-52-21-12-20-51-46-16-5-4-15-45(46)47-17-6-9-22-57(47)67(63(51)52)58(48)36-41)37-56(66-64)44-32-42(39-26-29-61-53(34-39)49-18-7-10-23-59(49)68-61)31-43(33-44)40-27-30-62-54(35-40)50-19-8-11-24-60(50)69-62/h1-37H. The molecule has 0 spiro atoms. The van der Waals surface area contributed by atoms with Gasteiger partial charge < -0.3 is 13.4 Å². The zero-order valence-corrected chi connectivity index (χ0v) is 37.0. The van der Waals surface area contributed by atoms with E-state index in [1.165, 1.54) is 38.5 Å². The number of aromatic nitrogens is 3. The number of furan rings is 2. The summed E-state index contributed by atoms with van der Waals surface area (Å²) < 4.78 is 15.0. The molecule has 1 aliphatic rings. The number of hydrogen-bond donors (Lipinski definition) is 0. The molecule has 0 radical (unpaired) electrons. The fraction of sp³-hybridized carbons (Fsp3) is 0. The van der Waals surface area contributed by atoms with Gasteiger partial charge in [-0.3, -0.25) is 0 Å². The van der Waals surface area contributed by atoms with Crippen LogP contribution in [0.1, 0.15) is 0 Å². The summed E-state index contributed by atoms with van der Waals surface area (Å²) in [6, 6.07) is 79.9. The number of fused-ring (bicyclic) bond motifs is 14. The van der Waals surface area contributed by atoms with Gasteiger partial charge in [0.25, 0.3) is 0 Å². The van der Waals surface area contributed by atoms with Gasteiger partial charge in [0.15, 0.2) is 5.82 Å². The lowest BCUT2D eigenvalue weighted by Crippen LogP contribution is -1.98. The van der Waals surface area contributed by atoms with Crippen LogP contribution in [-0.4, -0.2) is 14.5 Å². The molecule has 69 heavy (non-hydrogen) atoms. The van der Waals surface area contributed by atoms with Gasteiger partial charge in [0.05, 0.1) is 28.1 Å². The van der Waals surface area contributed by atoms with Gasteiger partial charge in [-0.15, -0.1) is 0 Å². The Balaban J connectivity index is 0.964. The van der Waals surface area contributed by atoms with E-state index in [0.717, 1.165) is 105 Å². The Morgan fingerprint density at radius 2 is 0.812 bits per heavy atom. The molecule has 0 saturated carbocycles. The highest BCUT2D eigenvalue weighted by molar-refractivity contribution is 6.17. The molecule has 0 bridgehead atoms. The van der Waals surface area contributed by atoms with Crippen LogP contribution in [0.5, 0.6) is 0 Å². The van der Waals surface area contributed by atoms with Gasteiger partial charge in [0.1, 0.15) is 22.3 Å². The minimum absolute atomic E-state index is 0.661. The second kappa shape index (κ2) is 14.6. The Kier molecular flexibility index (Phi) is 8.00. The van der Waals surface area contributed by atoms with Crippen molar-refractivity contribution in [3.8, 4) is 84.1 Å². The van der Waals surface area contributed by atoms with Crippen molar-refractivity contribution in [2.75, 3.05) is 0 Å². The van der Waals surface area contributed by atoms with Crippen molar-refractivity contribution in [1.82, 2.24) is 14.5 Å². The molecule has 0 atom stereocenters. The molecule has 0 aliphatic carbocycles. The van der Waals surface area contributed by atoms with Gasteiger partial charge in [-0.25, -0.2) is 9.97 Å². The van der Waals surface area contributed by atoms with Gasteiger partial charge in [-0.2, -0.15) is 0 Å². The Morgan fingerprint density at radius 1 is 0.290 bits per heavy atom. The second-order valence-electron chi connectivity index (χ2n) is 18.1. The predicted octanol–water partition coefficient (Wildman–Crippen LogP) is 17.4. The van der Waals surface area contributed by atoms with Crippen LogP contribution in [0.4, 0.5) is 0 Å². The van der Waals surface area contributed by atoms with Crippen molar-refractivity contribution < 1.29 is 8.83 Å². The fourth-order valence-electron chi connectivity index (χ4n) is 10.9. The van der Waals surface area contributed by atoms with Crippen molar-refractivity contribution >= 4 is 65.7 Å². The topological polar surface area (TPSA) is 57.0 Å². The average molecular weight is 880 g/mol. The largest absolute Gasteiger partial charge is 0.456 e. The van der Waals surface area contributed by atoms with E-state index >= 15 is 0 Å². The molecule has 14 aromatic rings. The molecule has 0 fully saturated rings. The Labute approximate surface area is 395 Å². The fourth-order valence-corrected chi connectivity index (χ4v) is 10.9. The number of nitrogens with zero attached hydrogens (tertiary/aromatic N) is 3. The normalized spacial score (nSPS) is 12.1. The zero-order chi connectivity index (χ0) is 45.2.